The number of nitrogens with zero attached hydrogens (tertiary/aromatic N) is 1. The predicted octanol–water partition coefficient (Wildman–Crippen LogP) is 4.68. The molecule has 0 fully saturated rings. The third-order valence-electron chi connectivity index (χ3n) is 5.17. The summed E-state index contributed by atoms with van der Waals surface area (Å²) >= 11 is 0. The first-order chi connectivity index (χ1) is 15.0. The van der Waals surface area contributed by atoms with Gasteiger partial charge in [0.05, 0.1) is 12.3 Å². The summed E-state index contributed by atoms with van der Waals surface area (Å²) in [4.78, 5) is 7.85. The monoisotopic (exact) mass is 416 g/mol. The van der Waals surface area contributed by atoms with Crippen molar-refractivity contribution in [3.05, 3.63) is 83.2 Å². The summed E-state index contributed by atoms with van der Waals surface area (Å²) in [5, 5.41) is 25.7. The summed E-state index contributed by atoms with van der Waals surface area (Å²) in [6.45, 7) is 6.18. The second-order valence-corrected chi connectivity index (χ2v) is 7.51. The first-order valence-corrected chi connectivity index (χ1v) is 10.3. The highest BCUT2D eigenvalue weighted by Gasteiger charge is 2.25. The number of aromatic hydroxyl groups is 2. The molecule has 31 heavy (non-hydrogen) atoms. The summed E-state index contributed by atoms with van der Waals surface area (Å²) in [6, 6.07) is 18.4. The molecule has 0 saturated carbocycles. The molecule has 0 aliphatic rings. The molecule has 6 heteroatoms. The second kappa shape index (κ2) is 8.52. The molecule has 4 rings (SSSR count). The highest BCUT2D eigenvalue weighted by Crippen LogP contribution is 2.38. The minimum atomic E-state index is -0.412. The molecule has 0 saturated heterocycles. The fraction of sp³-hybridized carbons (Fsp3) is 0.200. The lowest BCUT2D eigenvalue weighted by Gasteiger charge is -2.19. The average Bonchev–Trinajstić information content (AvgIpc) is 2.75. The Morgan fingerprint density at radius 1 is 1.03 bits per heavy atom. The number of H-pyrrole nitrogens is 1. The molecular weight excluding hydrogens is 390 g/mol. The van der Waals surface area contributed by atoms with Crippen molar-refractivity contribution in [1.29, 1.82) is 0 Å². The summed E-state index contributed by atoms with van der Waals surface area (Å²) < 4.78 is 5.59. The molecule has 4 aromatic rings. The normalized spacial score (nSPS) is 12.0. The van der Waals surface area contributed by atoms with Crippen LogP contribution < -0.4 is 15.0 Å². The van der Waals surface area contributed by atoms with Gasteiger partial charge < -0.3 is 14.9 Å². The van der Waals surface area contributed by atoms with Gasteiger partial charge in [0.2, 0.25) is 0 Å². The molecule has 2 heterocycles. The Hall–Kier alpha value is -3.80. The molecule has 2 aromatic heterocycles. The Bertz CT molecular complexity index is 1240. The molecule has 4 N–H and O–H groups in total. The number of hydrogen-bond acceptors (Lipinski definition) is 5. The zero-order valence-corrected chi connectivity index (χ0v) is 17.8. The lowest BCUT2D eigenvalue weighted by molar-refractivity contribution is -0.371. The molecule has 0 unspecified atom stereocenters. The minimum absolute atomic E-state index is 0.0755. The lowest BCUT2D eigenvalue weighted by Crippen LogP contribution is -2.20. The van der Waals surface area contributed by atoms with Crippen LogP contribution in [-0.2, 0) is 0 Å². The number of phenolic OH excluding ortho intramolecular Hbond substituents is 2. The fourth-order valence-electron chi connectivity index (χ4n) is 3.67. The van der Waals surface area contributed by atoms with Gasteiger partial charge >= 0.3 is 0 Å². The number of aromatic amines is 1. The van der Waals surface area contributed by atoms with E-state index < -0.39 is 6.04 Å². The van der Waals surface area contributed by atoms with Crippen LogP contribution in [-0.4, -0.2) is 21.8 Å². The quantitative estimate of drug-likeness (QED) is 0.425. The van der Waals surface area contributed by atoms with Gasteiger partial charge in [-0.15, -0.1) is 0 Å². The third kappa shape index (κ3) is 4.23. The summed E-state index contributed by atoms with van der Waals surface area (Å²) in [7, 11) is 0. The first kappa shape index (κ1) is 20.5. The van der Waals surface area contributed by atoms with E-state index in [-0.39, 0.29) is 11.5 Å². The van der Waals surface area contributed by atoms with E-state index in [1.54, 1.807) is 12.1 Å². The third-order valence-corrected chi connectivity index (χ3v) is 5.17. The predicted molar refractivity (Wildman–Crippen MR) is 121 cm³/mol. The fourth-order valence-corrected chi connectivity index (χ4v) is 3.67. The molecule has 6 nitrogen and oxygen atoms in total. The van der Waals surface area contributed by atoms with Crippen molar-refractivity contribution in [3.63, 3.8) is 0 Å². The molecular formula is C25H26N3O3+. The maximum absolute atomic E-state index is 11.2. The van der Waals surface area contributed by atoms with Crippen LogP contribution in [0.15, 0.2) is 60.7 Å². The number of nitrogens with one attached hydrogen (secondary N) is 2. The largest absolute Gasteiger partial charge is 0.505 e. The molecule has 2 aromatic carbocycles. The standard InChI is InChI=1S/C25H25N3O3/c1-4-31-21-14-18(11-13-20(21)29)23(28-22-7-5-6-15(2)26-22)19-12-10-17-9-8-16(3)27-24(17)25(19)30/h5-14,23,29-30H,4H2,1-3H3,(H,26,28)/p+1/t23-/m0/s1. The number of ether oxygens (including phenoxy) is 1. The van der Waals surface area contributed by atoms with E-state index in [0.717, 1.165) is 28.2 Å². The zero-order chi connectivity index (χ0) is 22.0. The Morgan fingerprint density at radius 2 is 1.84 bits per heavy atom. The van der Waals surface area contributed by atoms with Gasteiger partial charge in [0.15, 0.2) is 11.5 Å². The van der Waals surface area contributed by atoms with Gasteiger partial charge in [0.25, 0.3) is 5.82 Å². The van der Waals surface area contributed by atoms with Crippen molar-refractivity contribution in [1.82, 2.24) is 4.98 Å². The highest BCUT2D eigenvalue weighted by molar-refractivity contribution is 5.86. The number of rotatable bonds is 6. The average molecular weight is 417 g/mol. The van der Waals surface area contributed by atoms with Gasteiger partial charge in [-0.1, -0.05) is 24.3 Å². The highest BCUT2D eigenvalue weighted by atomic mass is 16.5. The van der Waals surface area contributed by atoms with Crippen molar-refractivity contribution in [2.75, 3.05) is 11.9 Å². The maximum Gasteiger partial charge on any atom is 0.273 e. The van der Waals surface area contributed by atoms with E-state index in [4.69, 9.17) is 4.74 Å². The maximum atomic E-state index is 11.2. The van der Waals surface area contributed by atoms with Crippen LogP contribution in [0.25, 0.3) is 10.9 Å². The van der Waals surface area contributed by atoms with Crippen LogP contribution in [0.2, 0.25) is 0 Å². The van der Waals surface area contributed by atoms with E-state index in [1.165, 1.54) is 0 Å². The van der Waals surface area contributed by atoms with Crippen molar-refractivity contribution in [2.24, 2.45) is 0 Å². The van der Waals surface area contributed by atoms with E-state index in [1.807, 2.05) is 69.3 Å². The van der Waals surface area contributed by atoms with Gasteiger partial charge in [0, 0.05) is 28.3 Å². The Labute approximate surface area is 181 Å². The topological polar surface area (TPSA) is 88.8 Å². The smallest absolute Gasteiger partial charge is 0.273 e. The van der Waals surface area contributed by atoms with E-state index >= 15 is 0 Å². The summed E-state index contributed by atoms with van der Waals surface area (Å²) in [6.07, 6.45) is 0. The Morgan fingerprint density at radius 3 is 2.61 bits per heavy atom. The van der Waals surface area contributed by atoms with E-state index in [2.05, 4.69) is 15.3 Å². The molecule has 0 bridgehead atoms. The van der Waals surface area contributed by atoms with Crippen LogP contribution in [0, 0.1) is 13.8 Å². The van der Waals surface area contributed by atoms with Gasteiger partial charge in [-0.2, -0.15) is 0 Å². The number of anilines is 1. The van der Waals surface area contributed by atoms with Crippen molar-refractivity contribution >= 4 is 16.7 Å². The van der Waals surface area contributed by atoms with Gasteiger partial charge in [-0.25, -0.2) is 9.97 Å². The number of phenols is 2. The number of aromatic nitrogens is 2. The van der Waals surface area contributed by atoms with Crippen LogP contribution in [0.3, 0.4) is 0 Å². The van der Waals surface area contributed by atoms with Gasteiger partial charge in [-0.05, 0) is 51.1 Å². The van der Waals surface area contributed by atoms with Crippen molar-refractivity contribution in [2.45, 2.75) is 26.8 Å². The number of benzene rings is 2. The molecule has 0 amide bonds. The number of pyridine rings is 2. The molecule has 0 radical (unpaired) electrons. The van der Waals surface area contributed by atoms with E-state index in [9.17, 15) is 10.2 Å². The molecule has 0 aliphatic carbocycles. The van der Waals surface area contributed by atoms with Crippen LogP contribution in [0.5, 0.6) is 17.2 Å². The summed E-state index contributed by atoms with van der Waals surface area (Å²) in [5.74, 6) is 1.39. The lowest BCUT2D eigenvalue weighted by atomic mass is 9.95. The van der Waals surface area contributed by atoms with Crippen LogP contribution in [0.1, 0.15) is 35.5 Å². The number of hydrogen-bond donors (Lipinski definition) is 3. The minimum Gasteiger partial charge on any atom is -0.505 e. The van der Waals surface area contributed by atoms with Crippen LogP contribution >= 0.6 is 0 Å². The Balaban J connectivity index is 1.87. The first-order valence-electron chi connectivity index (χ1n) is 10.3. The van der Waals surface area contributed by atoms with Crippen molar-refractivity contribution < 1.29 is 19.9 Å². The molecule has 0 spiro atoms. The molecule has 0 aliphatic heterocycles. The summed E-state index contributed by atoms with van der Waals surface area (Å²) in [5.41, 5.74) is 3.90. The number of fused-ring (bicyclic) bond motifs is 1. The van der Waals surface area contributed by atoms with Gasteiger partial charge in [-0.3, -0.25) is 5.32 Å². The SMILES string of the molecule is CCOc1cc([C@H](Nc2cccc(C)[nH+]2)c2ccc3ccc(C)nc3c2O)ccc1O. The van der Waals surface area contributed by atoms with Crippen LogP contribution in [0.4, 0.5) is 5.82 Å². The molecule has 158 valence electrons. The number of aryl methyl sites for hydroxylation is 2. The molecule has 1 atom stereocenters. The Kier molecular flexibility index (Phi) is 5.62. The second-order valence-electron chi connectivity index (χ2n) is 7.51. The van der Waals surface area contributed by atoms with E-state index in [0.29, 0.717) is 23.4 Å². The zero-order valence-electron chi connectivity index (χ0n) is 17.8. The van der Waals surface area contributed by atoms with Gasteiger partial charge in [0.1, 0.15) is 17.3 Å². The van der Waals surface area contributed by atoms with Crippen molar-refractivity contribution in [3.8, 4) is 17.2 Å².